The van der Waals surface area contributed by atoms with Crippen molar-refractivity contribution in [2.24, 2.45) is 0 Å². The van der Waals surface area contributed by atoms with Gasteiger partial charge in [-0.2, -0.15) is 4.98 Å². The average Bonchev–Trinajstić information content (AvgIpc) is 2.99. The lowest BCUT2D eigenvalue weighted by molar-refractivity contribution is 0.587. The van der Waals surface area contributed by atoms with Crippen molar-refractivity contribution in [3.05, 3.63) is 46.4 Å². The third kappa shape index (κ3) is 4.02. The molecule has 0 saturated carbocycles. The summed E-state index contributed by atoms with van der Waals surface area (Å²) in [5.74, 6) is 0.471. The molecule has 0 aliphatic rings. The van der Waals surface area contributed by atoms with Crippen molar-refractivity contribution in [3.63, 3.8) is 0 Å². The molecule has 0 bridgehead atoms. The van der Waals surface area contributed by atoms with E-state index in [-0.39, 0.29) is 16.8 Å². The second-order valence-corrected chi connectivity index (χ2v) is 9.42. The van der Waals surface area contributed by atoms with E-state index < -0.39 is 15.1 Å². The number of sulfone groups is 1. The quantitative estimate of drug-likeness (QED) is 0.561. The Morgan fingerprint density at radius 1 is 1.11 bits per heavy atom. The number of hydrogen-bond acceptors (Lipinski definition) is 6. The highest BCUT2D eigenvalue weighted by Gasteiger charge is 2.19. The van der Waals surface area contributed by atoms with Gasteiger partial charge in [-0.3, -0.25) is 0 Å². The number of anilines is 3. The van der Waals surface area contributed by atoms with Crippen molar-refractivity contribution >= 4 is 50.6 Å². The highest BCUT2D eigenvalue weighted by atomic mass is 35.5. The van der Waals surface area contributed by atoms with E-state index in [0.29, 0.717) is 26.9 Å². The molecule has 0 amide bonds. The van der Waals surface area contributed by atoms with Crippen molar-refractivity contribution in [1.29, 1.82) is 0 Å². The molecule has 0 spiro atoms. The molecule has 10 heteroatoms. The van der Waals surface area contributed by atoms with Gasteiger partial charge in [-0.1, -0.05) is 35.3 Å². The van der Waals surface area contributed by atoms with Gasteiger partial charge in [-0.25, -0.2) is 13.5 Å². The van der Waals surface area contributed by atoms with E-state index in [2.05, 4.69) is 20.5 Å². The first-order chi connectivity index (χ1) is 12.7. The highest BCUT2D eigenvalue weighted by molar-refractivity contribution is 7.92. The van der Waals surface area contributed by atoms with Crippen molar-refractivity contribution in [2.45, 2.75) is 24.0 Å². The Hall–Kier alpha value is -2.29. The van der Waals surface area contributed by atoms with Gasteiger partial charge >= 0.3 is 0 Å². The van der Waals surface area contributed by atoms with Gasteiger partial charge in [0.25, 0.3) is 0 Å². The molecule has 7 nitrogen and oxygen atoms in total. The fourth-order valence-electron chi connectivity index (χ4n) is 2.46. The van der Waals surface area contributed by atoms with E-state index in [9.17, 15) is 8.42 Å². The molecule has 3 rings (SSSR count). The molecule has 2 aromatic carbocycles. The number of hydrogen-bond donors (Lipinski definition) is 3. The molecule has 0 aliphatic heterocycles. The molecule has 1 aromatic heterocycles. The van der Waals surface area contributed by atoms with E-state index >= 15 is 0 Å². The fraction of sp³-hybridized carbons (Fsp3) is 0.176. The molecule has 27 heavy (non-hydrogen) atoms. The predicted octanol–water partition coefficient (Wildman–Crippen LogP) is 4.29. The zero-order valence-electron chi connectivity index (χ0n) is 14.5. The standard InChI is InChI=1S/C17H17Cl2N5O2S/c1-9(2)27(25,26)12-5-3-10(4-6-12)15-13(18)7-11(8-14(15)19)21-17-22-16(20)23-24-17/h3-9H,1-2H3,(H4,20,21,22,23,24). The first-order valence-electron chi connectivity index (χ1n) is 7.96. The van der Waals surface area contributed by atoms with Crippen LogP contribution in [0.2, 0.25) is 10.0 Å². The lowest BCUT2D eigenvalue weighted by Gasteiger charge is -2.12. The summed E-state index contributed by atoms with van der Waals surface area (Å²) in [6, 6.07) is 9.83. The number of rotatable bonds is 5. The van der Waals surface area contributed by atoms with Gasteiger partial charge in [0.15, 0.2) is 9.84 Å². The minimum atomic E-state index is -3.34. The van der Waals surface area contributed by atoms with Crippen LogP contribution in [0.3, 0.4) is 0 Å². The van der Waals surface area contributed by atoms with Gasteiger partial charge in [0.2, 0.25) is 11.9 Å². The van der Waals surface area contributed by atoms with Crippen LogP contribution in [0, 0.1) is 0 Å². The molecule has 0 saturated heterocycles. The van der Waals surface area contributed by atoms with E-state index in [4.69, 9.17) is 28.9 Å². The number of benzene rings is 2. The molecule has 142 valence electrons. The van der Waals surface area contributed by atoms with Gasteiger partial charge < -0.3 is 11.1 Å². The number of aromatic amines is 1. The maximum atomic E-state index is 12.2. The summed E-state index contributed by atoms with van der Waals surface area (Å²) in [6.07, 6.45) is 0. The van der Waals surface area contributed by atoms with Crippen molar-refractivity contribution in [1.82, 2.24) is 15.2 Å². The van der Waals surface area contributed by atoms with E-state index in [0.717, 1.165) is 0 Å². The van der Waals surface area contributed by atoms with Crippen LogP contribution in [0.15, 0.2) is 41.3 Å². The van der Waals surface area contributed by atoms with Crippen LogP contribution < -0.4 is 11.1 Å². The number of nitrogen functional groups attached to an aromatic ring is 1. The maximum Gasteiger partial charge on any atom is 0.248 e. The molecule has 0 aliphatic carbocycles. The van der Waals surface area contributed by atoms with Crippen molar-refractivity contribution in [2.75, 3.05) is 11.1 Å². The summed E-state index contributed by atoms with van der Waals surface area (Å²) in [4.78, 5) is 4.21. The van der Waals surface area contributed by atoms with Gasteiger partial charge in [-0.15, -0.1) is 5.10 Å². The average molecular weight is 426 g/mol. The van der Waals surface area contributed by atoms with Crippen LogP contribution in [0.25, 0.3) is 11.1 Å². The molecule has 1 heterocycles. The lowest BCUT2D eigenvalue weighted by atomic mass is 10.1. The predicted molar refractivity (Wildman–Crippen MR) is 108 cm³/mol. The summed E-state index contributed by atoms with van der Waals surface area (Å²) < 4.78 is 24.5. The smallest absolute Gasteiger partial charge is 0.248 e. The molecular weight excluding hydrogens is 409 g/mol. The molecule has 0 unspecified atom stereocenters. The summed E-state index contributed by atoms with van der Waals surface area (Å²) in [7, 11) is -3.34. The van der Waals surface area contributed by atoms with Crippen LogP contribution >= 0.6 is 23.2 Å². The zero-order chi connectivity index (χ0) is 19.8. The van der Waals surface area contributed by atoms with Gasteiger partial charge in [0.05, 0.1) is 20.2 Å². The second-order valence-electron chi connectivity index (χ2n) is 6.10. The zero-order valence-corrected chi connectivity index (χ0v) is 16.8. The number of halogens is 2. The van der Waals surface area contributed by atoms with Crippen LogP contribution in [-0.2, 0) is 9.84 Å². The van der Waals surface area contributed by atoms with Crippen LogP contribution in [0.1, 0.15) is 13.8 Å². The molecule has 0 atom stereocenters. The van der Waals surface area contributed by atoms with E-state index in [1.54, 1.807) is 50.2 Å². The van der Waals surface area contributed by atoms with E-state index in [1.807, 2.05) is 0 Å². The Kier molecular flexibility index (Phi) is 5.32. The molecule has 0 radical (unpaired) electrons. The Morgan fingerprint density at radius 2 is 1.70 bits per heavy atom. The third-order valence-electron chi connectivity index (χ3n) is 3.89. The van der Waals surface area contributed by atoms with Crippen LogP contribution in [-0.4, -0.2) is 28.8 Å². The largest absolute Gasteiger partial charge is 0.368 e. The number of aromatic nitrogens is 3. The summed E-state index contributed by atoms with van der Waals surface area (Å²) >= 11 is 12.8. The summed E-state index contributed by atoms with van der Waals surface area (Å²) in [5.41, 5.74) is 7.39. The lowest BCUT2D eigenvalue weighted by Crippen LogP contribution is -2.13. The summed E-state index contributed by atoms with van der Waals surface area (Å²) in [5, 5.41) is 9.64. The molecule has 3 aromatic rings. The number of nitrogens with zero attached hydrogens (tertiary/aromatic N) is 2. The highest BCUT2D eigenvalue weighted by Crippen LogP contribution is 2.38. The normalized spacial score (nSPS) is 11.7. The van der Waals surface area contributed by atoms with Gasteiger partial charge in [0, 0.05) is 11.3 Å². The fourth-order valence-corrected chi connectivity index (χ4v) is 4.23. The van der Waals surface area contributed by atoms with Crippen LogP contribution in [0.4, 0.5) is 17.6 Å². The first-order valence-corrected chi connectivity index (χ1v) is 10.3. The van der Waals surface area contributed by atoms with Gasteiger partial charge in [-0.05, 0) is 43.7 Å². The van der Waals surface area contributed by atoms with Gasteiger partial charge in [0.1, 0.15) is 0 Å². The molecule has 4 N–H and O–H groups in total. The Labute approximate surface area is 166 Å². The summed E-state index contributed by atoms with van der Waals surface area (Å²) in [6.45, 7) is 3.29. The molecule has 0 fully saturated rings. The van der Waals surface area contributed by atoms with Crippen molar-refractivity contribution < 1.29 is 8.42 Å². The second kappa shape index (κ2) is 7.38. The number of nitrogens with two attached hydrogens (primary N) is 1. The van der Waals surface area contributed by atoms with E-state index in [1.165, 1.54) is 0 Å². The molecular formula is C17H17Cl2N5O2S. The third-order valence-corrected chi connectivity index (χ3v) is 6.66. The maximum absolute atomic E-state index is 12.2. The first kappa shape index (κ1) is 19.5. The Morgan fingerprint density at radius 3 is 2.19 bits per heavy atom. The minimum Gasteiger partial charge on any atom is -0.368 e. The number of H-pyrrole nitrogens is 1. The Balaban J connectivity index is 1.93. The topological polar surface area (TPSA) is 114 Å². The number of nitrogens with one attached hydrogen (secondary N) is 2. The Bertz CT molecular complexity index is 1060. The monoisotopic (exact) mass is 425 g/mol. The SMILES string of the molecule is CC(C)S(=O)(=O)c1ccc(-c2c(Cl)cc(Nc3n[nH]c(N)n3)cc2Cl)cc1. The minimum absolute atomic E-state index is 0.183. The van der Waals surface area contributed by atoms with Crippen LogP contribution in [0.5, 0.6) is 0 Å². The van der Waals surface area contributed by atoms with Crippen molar-refractivity contribution in [3.8, 4) is 11.1 Å².